The van der Waals surface area contributed by atoms with Crippen LogP contribution in [0, 0.1) is 25.7 Å². The zero-order valence-electron chi connectivity index (χ0n) is 8.45. The summed E-state index contributed by atoms with van der Waals surface area (Å²) in [5.41, 5.74) is 6.92. The largest absolute Gasteiger partial charge is 0.444 e. The van der Waals surface area contributed by atoms with Crippen LogP contribution in [0.3, 0.4) is 0 Å². The third kappa shape index (κ3) is 0.980. The van der Waals surface area contributed by atoms with E-state index in [0.717, 1.165) is 23.9 Å². The van der Waals surface area contributed by atoms with Gasteiger partial charge < -0.3 is 15.5 Å². The molecule has 1 aliphatic heterocycles. The lowest BCUT2D eigenvalue weighted by molar-refractivity contribution is 0.385. The average Bonchev–Trinajstić information content (AvgIpc) is 2.54. The van der Waals surface area contributed by atoms with Gasteiger partial charge in [0.05, 0.1) is 11.7 Å². The van der Waals surface area contributed by atoms with Crippen molar-refractivity contribution >= 4 is 0 Å². The molecule has 2 fully saturated rings. The van der Waals surface area contributed by atoms with E-state index >= 15 is 0 Å². The van der Waals surface area contributed by atoms with Crippen LogP contribution < -0.4 is 11.1 Å². The van der Waals surface area contributed by atoms with Gasteiger partial charge in [0.15, 0.2) is 0 Å². The number of nitrogens with two attached hydrogens (primary N) is 1. The number of nitrogens with one attached hydrogen (secondary N) is 1. The Morgan fingerprint density at radius 1 is 1.50 bits per heavy atom. The van der Waals surface area contributed by atoms with Gasteiger partial charge in [-0.25, -0.2) is 4.98 Å². The van der Waals surface area contributed by atoms with E-state index in [2.05, 4.69) is 10.3 Å². The molecule has 14 heavy (non-hydrogen) atoms. The van der Waals surface area contributed by atoms with E-state index in [4.69, 9.17) is 10.2 Å². The molecule has 3 N–H and O–H groups in total. The minimum Gasteiger partial charge on any atom is -0.444 e. The molecule has 0 amide bonds. The first-order valence-electron chi connectivity index (χ1n) is 5.11. The van der Waals surface area contributed by atoms with Gasteiger partial charge in [0.1, 0.15) is 5.76 Å². The Morgan fingerprint density at radius 3 is 2.79 bits per heavy atom. The van der Waals surface area contributed by atoms with Crippen LogP contribution in [0.2, 0.25) is 0 Å². The number of aromatic nitrogens is 1. The predicted molar refractivity (Wildman–Crippen MR) is 51.7 cm³/mol. The van der Waals surface area contributed by atoms with Crippen LogP contribution in [-0.2, 0) is 0 Å². The Kier molecular flexibility index (Phi) is 1.56. The fourth-order valence-electron chi connectivity index (χ4n) is 2.45. The molecule has 0 radical (unpaired) electrons. The van der Waals surface area contributed by atoms with E-state index in [-0.39, 0.29) is 6.04 Å². The van der Waals surface area contributed by atoms with E-state index in [0.29, 0.717) is 17.9 Å². The molecule has 1 aromatic heterocycles. The summed E-state index contributed by atoms with van der Waals surface area (Å²) in [5.74, 6) is 2.93. The summed E-state index contributed by atoms with van der Waals surface area (Å²) in [5, 5.41) is 3.41. The van der Waals surface area contributed by atoms with Gasteiger partial charge in [0.2, 0.25) is 5.89 Å². The number of piperidine rings is 1. The first kappa shape index (κ1) is 8.44. The first-order chi connectivity index (χ1) is 6.68. The summed E-state index contributed by atoms with van der Waals surface area (Å²) in [6.07, 6.45) is 0. The van der Waals surface area contributed by atoms with Gasteiger partial charge in [-0.1, -0.05) is 0 Å². The van der Waals surface area contributed by atoms with Gasteiger partial charge in [-0.3, -0.25) is 0 Å². The van der Waals surface area contributed by atoms with Crippen molar-refractivity contribution in [3.63, 3.8) is 0 Å². The number of hydrogen-bond donors (Lipinski definition) is 2. The molecule has 0 aromatic carbocycles. The van der Waals surface area contributed by atoms with Crippen LogP contribution in [0.5, 0.6) is 0 Å². The molecule has 4 unspecified atom stereocenters. The highest BCUT2D eigenvalue weighted by atomic mass is 16.4. The van der Waals surface area contributed by atoms with E-state index in [1.54, 1.807) is 0 Å². The van der Waals surface area contributed by atoms with Crippen molar-refractivity contribution in [2.24, 2.45) is 17.6 Å². The lowest BCUT2D eigenvalue weighted by atomic mass is 10.2. The number of nitrogens with zero attached hydrogens (tertiary/aromatic N) is 1. The van der Waals surface area contributed by atoms with Crippen molar-refractivity contribution in [2.75, 3.05) is 6.54 Å². The zero-order chi connectivity index (χ0) is 9.87. The molecule has 2 heterocycles. The number of fused-ring (bicyclic) bond motifs is 1. The molecule has 4 heteroatoms. The summed E-state index contributed by atoms with van der Waals surface area (Å²) in [6.45, 7) is 4.93. The van der Waals surface area contributed by atoms with E-state index in [9.17, 15) is 0 Å². The average molecular weight is 193 g/mol. The molecule has 2 aliphatic rings. The van der Waals surface area contributed by atoms with Crippen molar-refractivity contribution < 1.29 is 4.42 Å². The minimum atomic E-state index is 0.252. The highest BCUT2D eigenvalue weighted by Crippen LogP contribution is 2.50. The quantitative estimate of drug-likeness (QED) is 0.682. The van der Waals surface area contributed by atoms with Gasteiger partial charge in [-0.2, -0.15) is 0 Å². The maximum atomic E-state index is 5.93. The van der Waals surface area contributed by atoms with Crippen molar-refractivity contribution in [3.05, 3.63) is 17.3 Å². The molecular formula is C10H15N3O. The SMILES string of the molecule is Cc1nc(C2NCC3C(N)C23)oc1C. The third-order valence-electron chi connectivity index (χ3n) is 3.56. The molecule has 1 saturated carbocycles. The Morgan fingerprint density at radius 2 is 2.29 bits per heavy atom. The topological polar surface area (TPSA) is 64.1 Å². The van der Waals surface area contributed by atoms with Gasteiger partial charge in [-0.15, -0.1) is 0 Å². The standard InChI is InChI=1S/C10H15N3O/c1-4-5(2)14-10(13-4)9-7-6(3-12-9)8(7)11/h6-9,12H,3,11H2,1-2H3. The maximum Gasteiger partial charge on any atom is 0.212 e. The molecule has 0 bridgehead atoms. The van der Waals surface area contributed by atoms with Crippen LogP contribution in [-0.4, -0.2) is 17.6 Å². The lowest BCUT2D eigenvalue weighted by Crippen LogP contribution is -2.25. The van der Waals surface area contributed by atoms with Crippen LogP contribution in [0.1, 0.15) is 23.4 Å². The molecular weight excluding hydrogens is 178 g/mol. The Bertz CT molecular complexity index is 354. The highest BCUT2D eigenvalue weighted by molar-refractivity contribution is 5.19. The minimum absolute atomic E-state index is 0.252. The second-order valence-corrected chi connectivity index (χ2v) is 4.40. The van der Waals surface area contributed by atoms with Crippen LogP contribution in [0.4, 0.5) is 0 Å². The monoisotopic (exact) mass is 193 g/mol. The van der Waals surface area contributed by atoms with Crippen LogP contribution >= 0.6 is 0 Å². The second-order valence-electron chi connectivity index (χ2n) is 4.40. The lowest BCUT2D eigenvalue weighted by Gasteiger charge is -2.09. The highest BCUT2D eigenvalue weighted by Gasteiger charge is 2.58. The zero-order valence-corrected chi connectivity index (χ0v) is 8.45. The van der Waals surface area contributed by atoms with E-state index < -0.39 is 0 Å². The van der Waals surface area contributed by atoms with Gasteiger partial charge in [0.25, 0.3) is 0 Å². The molecule has 4 atom stereocenters. The van der Waals surface area contributed by atoms with Crippen molar-refractivity contribution in [2.45, 2.75) is 25.9 Å². The molecule has 1 aromatic rings. The fraction of sp³-hybridized carbons (Fsp3) is 0.700. The van der Waals surface area contributed by atoms with Crippen molar-refractivity contribution in [3.8, 4) is 0 Å². The first-order valence-corrected chi connectivity index (χ1v) is 5.11. The smallest absolute Gasteiger partial charge is 0.212 e. The van der Waals surface area contributed by atoms with Crippen LogP contribution in [0.25, 0.3) is 0 Å². The fourth-order valence-corrected chi connectivity index (χ4v) is 2.45. The molecule has 76 valence electrons. The number of hydrogen-bond acceptors (Lipinski definition) is 4. The second kappa shape index (κ2) is 2.58. The number of oxazole rings is 1. The number of aryl methyl sites for hydroxylation is 2. The summed E-state index contributed by atoms with van der Waals surface area (Å²) in [7, 11) is 0. The maximum absolute atomic E-state index is 5.93. The van der Waals surface area contributed by atoms with E-state index in [1.165, 1.54) is 0 Å². The van der Waals surface area contributed by atoms with E-state index in [1.807, 2.05) is 13.8 Å². The van der Waals surface area contributed by atoms with Crippen LogP contribution in [0.15, 0.2) is 4.42 Å². The molecule has 1 saturated heterocycles. The van der Waals surface area contributed by atoms with Gasteiger partial charge in [0, 0.05) is 18.5 Å². The molecule has 1 aliphatic carbocycles. The van der Waals surface area contributed by atoms with Gasteiger partial charge >= 0.3 is 0 Å². The Balaban J connectivity index is 1.89. The molecule has 3 rings (SSSR count). The summed E-state index contributed by atoms with van der Waals surface area (Å²) < 4.78 is 5.61. The third-order valence-corrected chi connectivity index (χ3v) is 3.56. The summed E-state index contributed by atoms with van der Waals surface area (Å²) in [6, 6.07) is 0.608. The van der Waals surface area contributed by atoms with Crippen molar-refractivity contribution in [1.29, 1.82) is 0 Å². The van der Waals surface area contributed by atoms with Gasteiger partial charge in [-0.05, 0) is 19.8 Å². The number of rotatable bonds is 1. The Hall–Kier alpha value is -0.870. The summed E-state index contributed by atoms with van der Waals surface area (Å²) >= 11 is 0. The van der Waals surface area contributed by atoms with Crippen molar-refractivity contribution in [1.82, 2.24) is 10.3 Å². The Labute approximate surface area is 82.9 Å². The normalized spacial score (nSPS) is 39.9. The molecule has 4 nitrogen and oxygen atoms in total. The predicted octanol–water partition coefficient (Wildman–Crippen LogP) is 0.509. The molecule has 0 spiro atoms. The summed E-state index contributed by atoms with van der Waals surface area (Å²) in [4.78, 5) is 4.42.